The van der Waals surface area contributed by atoms with Crippen LogP contribution in [0.1, 0.15) is 141 Å². The summed E-state index contributed by atoms with van der Waals surface area (Å²) in [7, 11) is 0. The predicted octanol–water partition coefficient (Wildman–Crippen LogP) is 9.79. The molecule has 3 nitrogen and oxygen atoms in total. The third-order valence-corrected chi connectivity index (χ3v) is 15.5. The Kier molecular flexibility index (Phi) is 6.77. The minimum Gasteiger partial charge on any atom is -0.481 e. The first-order chi connectivity index (χ1) is 19.1. The number of aliphatic carboxylic acids is 1. The molecule has 226 valence electrons. The van der Waals surface area contributed by atoms with Gasteiger partial charge in [0.15, 0.2) is 5.78 Å². The van der Waals surface area contributed by atoms with Crippen LogP contribution in [0.4, 0.5) is 0 Å². The fourth-order valence-electron chi connectivity index (χ4n) is 13.3. The van der Waals surface area contributed by atoms with Crippen molar-refractivity contribution in [3.63, 3.8) is 0 Å². The van der Waals surface area contributed by atoms with Crippen LogP contribution in [-0.2, 0) is 4.79 Å². The molecule has 0 heterocycles. The van der Waals surface area contributed by atoms with Crippen molar-refractivity contribution in [3.05, 3.63) is 35.4 Å². The van der Waals surface area contributed by atoms with E-state index in [0.29, 0.717) is 46.8 Å². The molecule has 1 unspecified atom stereocenters. The molecule has 5 fully saturated rings. The SMILES string of the molecule is CC(=O)c1ccc([C@H]2CC[C@]3(C)[C@H]4CCC5[C@H]6[C@H](C(C)C)CC[C@]6(C(=O)O)CC[C@@]5(C)[C@]4(C)CC[C@H]3C2(C)C)cc1. The Labute approximate surface area is 249 Å². The first kappa shape index (κ1) is 29.4. The molecule has 1 aromatic rings. The van der Waals surface area contributed by atoms with Gasteiger partial charge in [-0.05, 0) is 140 Å². The molecule has 1 N–H and O–H groups in total. The second kappa shape index (κ2) is 9.43. The average Bonchev–Trinajstić information content (AvgIpc) is 3.30. The zero-order valence-electron chi connectivity index (χ0n) is 27.2. The average molecular weight is 561 g/mol. The predicted molar refractivity (Wildman–Crippen MR) is 166 cm³/mol. The highest BCUT2D eigenvalue weighted by Gasteiger charge is 2.72. The summed E-state index contributed by atoms with van der Waals surface area (Å²) in [5.41, 5.74) is 2.73. The van der Waals surface area contributed by atoms with Gasteiger partial charge in [0, 0.05) is 5.56 Å². The lowest BCUT2D eigenvalue weighted by molar-refractivity contribution is -0.241. The number of ketones is 1. The Bertz CT molecular complexity index is 1210. The van der Waals surface area contributed by atoms with Crippen LogP contribution >= 0.6 is 0 Å². The van der Waals surface area contributed by atoms with E-state index in [4.69, 9.17) is 0 Å². The molecule has 5 aliphatic carbocycles. The number of carbonyl (C=O) groups excluding carboxylic acids is 1. The van der Waals surface area contributed by atoms with Gasteiger partial charge in [0.25, 0.3) is 0 Å². The number of carboxylic acids is 1. The minimum atomic E-state index is -0.493. The largest absolute Gasteiger partial charge is 0.481 e. The Morgan fingerprint density at radius 1 is 0.780 bits per heavy atom. The monoisotopic (exact) mass is 560 g/mol. The Balaban J connectivity index is 1.33. The fourth-order valence-corrected chi connectivity index (χ4v) is 13.3. The van der Waals surface area contributed by atoms with Crippen molar-refractivity contribution >= 4 is 11.8 Å². The van der Waals surface area contributed by atoms with Gasteiger partial charge >= 0.3 is 5.97 Å². The van der Waals surface area contributed by atoms with Crippen molar-refractivity contribution in [1.82, 2.24) is 0 Å². The highest BCUT2D eigenvalue weighted by molar-refractivity contribution is 5.94. The number of carbonyl (C=O) groups is 2. The van der Waals surface area contributed by atoms with Crippen molar-refractivity contribution in [2.45, 2.75) is 126 Å². The summed E-state index contributed by atoms with van der Waals surface area (Å²) in [6, 6.07) is 8.54. The molecule has 5 aliphatic rings. The number of Topliss-reactive ketones (excluding diaryl/α,β-unsaturated/α-hetero) is 1. The van der Waals surface area contributed by atoms with E-state index in [1.54, 1.807) is 6.92 Å². The molecule has 1 aromatic carbocycles. The van der Waals surface area contributed by atoms with Crippen molar-refractivity contribution in [1.29, 1.82) is 0 Å². The summed E-state index contributed by atoms with van der Waals surface area (Å²) >= 11 is 0. The third-order valence-electron chi connectivity index (χ3n) is 15.5. The summed E-state index contributed by atoms with van der Waals surface area (Å²) < 4.78 is 0. The summed E-state index contributed by atoms with van der Waals surface area (Å²) in [5.74, 6) is 3.53. The molecule has 6 rings (SSSR count). The minimum absolute atomic E-state index is 0.142. The van der Waals surface area contributed by atoms with Crippen molar-refractivity contribution in [2.24, 2.45) is 62.6 Å². The highest BCUT2D eigenvalue weighted by Crippen LogP contribution is 2.78. The van der Waals surface area contributed by atoms with Crippen LogP contribution in [0.3, 0.4) is 0 Å². The molecular formula is C38H56O3. The van der Waals surface area contributed by atoms with Gasteiger partial charge in [-0.2, -0.15) is 0 Å². The van der Waals surface area contributed by atoms with Crippen molar-refractivity contribution in [3.8, 4) is 0 Å². The standard InChI is InChI=1S/C38H56O3/c1-23(2)27-15-20-38(33(40)41)22-21-36(7)29(32(27)38)13-14-31-35(6)18-16-28(26-11-9-25(10-12-26)24(3)39)34(4,5)30(35)17-19-37(31,36)8/h9-12,23,27-32H,13-22H2,1-8H3,(H,40,41)/t27-,28+,29?,30-,31+,32+,35-,36+,37+,38-/m0/s1. The Morgan fingerprint density at radius 2 is 1.46 bits per heavy atom. The maximum atomic E-state index is 13.0. The van der Waals surface area contributed by atoms with Crippen LogP contribution in [-0.4, -0.2) is 16.9 Å². The second-order valence-corrected chi connectivity index (χ2v) is 17.2. The van der Waals surface area contributed by atoms with Crippen LogP contribution in [0.2, 0.25) is 0 Å². The quantitative estimate of drug-likeness (QED) is 0.373. The Morgan fingerprint density at radius 3 is 2.07 bits per heavy atom. The lowest BCUT2D eigenvalue weighted by Crippen LogP contribution is -2.66. The molecule has 0 spiro atoms. The molecule has 0 amide bonds. The topological polar surface area (TPSA) is 54.4 Å². The zero-order chi connectivity index (χ0) is 29.8. The number of carboxylic acid groups (broad SMARTS) is 1. The van der Waals surface area contributed by atoms with E-state index in [2.05, 4.69) is 60.6 Å². The number of rotatable bonds is 4. The van der Waals surface area contributed by atoms with Crippen LogP contribution in [0.15, 0.2) is 24.3 Å². The van der Waals surface area contributed by atoms with E-state index in [1.165, 1.54) is 44.1 Å². The van der Waals surface area contributed by atoms with Gasteiger partial charge < -0.3 is 5.11 Å². The molecular weight excluding hydrogens is 504 g/mol. The van der Waals surface area contributed by atoms with Crippen molar-refractivity contribution in [2.75, 3.05) is 0 Å². The number of hydrogen-bond acceptors (Lipinski definition) is 2. The number of hydrogen-bond donors (Lipinski definition) is 1. The molecule has 0 aliphatic heterocycles. The van der Waals surface area contributed by atoms with E-state index in [0.717, 1.165) is 31.2 Å². The molecule has 0 radical (unpaired) electrons. The van der Waals surface area contributed by atoms with Gasteiger partial charge in [0.2, 0.25) is 0 Å². The second-order valence-electron chi connectivity index (χ2n) is 17.2. The van der Waals surface area contributed by atoms with Crippen LogP contribution in [0.25, 0.3) is 0 Å². The zero-order valence-corrected chi connectivity index (χ0v) is 27.2. The molecule has 10 atom stereocenters. The molecule has 5 saturated carbocycles. The molecule has 0 aromatic heterocycles. The van der Waals surface area contributed by atoms with E-state index in [-0.39, 0.29) is 22.0 Å². The number of fused-ring (bicyclic) bond motifs is 7. The Hall–Kier alpha value is -1.64. The molecule has 0 bridgehead atoms. The summed E-state index contributed by atoms with van der Waals surface area (Å²) in [6.45, 7) is 19.4. The summed E-state index contributed by atoms with van der Waals surface area (Å²) in [5, 5.41) is 10.7. The van der Waals surface area contributed by atoms with E-state index in [1.807, 2.05) is 12.1 Å². The maximum absolute atomic E-state index is 13.0. The van der Waals surface area contributed by atoms with Gasteiger partial charge in [-0.3, -0.25) is 9.59 Å². The lowest BCUT2D eigenvalue weighted by atomic mass is 9.31. The van der Waals surface area contributed by atoms with E-state index < -0.39 is 11.4 Å². The highest BCUT2D eigenvalue weighted by atomic mass is 16.4. The smallest absolute Gasteiger partial charge is 0.309 e. The van der Waals surface area contributed by atoms with Gasteiger partial charge in [-0.15, -0.1) is 0 Å². The van der Waals surface area contributed by atoms with Crippen LogP contribution < -0.4 is 0 Å². The fraction of sp³-hybridized carbons (Fsp3) is 0.789. The normalized spacial score (nSPS) is 46.7. The van der Waals surface area contributed by atoms with Gasteiger partial charge in [-0.25, -0.2) is 0 Å². The van der Waals surface area contributed by atoms with E-state index in [9.17, 15) is 14.7 Å². The first-order valence-corrected chi connectivity index (χ1v) is 17.0. The van der Waals surface area contributed by atoms with Gasteiger partial charge in [0.1, 0.15) is 0 Å². The molecule has 0 saturated heterocycles. The van der Waals surface area contributed by atoms with Crippen molar-refractivity contribution < 1.29 is 14.7 Å². The molecule has 3 heteroatoms. The summed E-state index contributed by atoms with van der Waals surface area (Å²) in [4.78, 5) is 24.9. The molecule has 41 heavy (non-hydrogen) atoms. The van der Waals surface area contributed by atoms with E-state index >= 15 is 0 Å². The van der Waals surface area contributed by atoms with Gasteiger partial charge in [-0.1, -0.05) is 72.7 Å². The van der Waals surface area contributed by atoms with Crippen LogP contribution in [0, 0.1) is 62.6 Å². The lowest BCUT2D eigenvalue weighted by Gasteiger charge is -2.73. The van der Waals surface area contributed by atoms with Crippen LogP contribution in [0.5, 0.6) is 0 Å². The number of benzene rings is 1. The summed E-state index contributed by atoms with van der Waals surface area (Å²) in [6.07, 6.45) is 11.5. The van der Waals surface area contributed by atoms with Gasteiger partial charge in [0.05, 0.1) is 5.41 Å². The first-order valence-electron chi connectivity index (χ1n) is 17.0. The maximum Gasteiger partial charge on any atom is 0.309 e. The third kappa shape index (κ3) is 3.81.